The highest BCUT2D eigenvalue weighted by molar-refractivity contribution is 5.85. The summed E-state index contributed by atoms with van der Waals surface area (Å²) in [7, 11) is 0. The predicted molar refractivity (Wildman–Crippen MR) is 62.1 cm³/mol. The lowest BCUT2D eigenvalue weighted by molar-refractivity contribution is 0.803. The first-order chi connectivity index (χ1) is 7.67. The molecule has 4 heteroatoms. The number of nitrogens with one attached hydrogen (secondary N) is 1. The Labute approximate surface area is 94.3 Å². The fourth-order valence-corrected chi connectivity index (χ4v) is 1.77. The molecule has 0 unspecified atom stereocenters. The maximum Gasteiger partial charge on any atom is 0.142 e. The molecule has 0 radical (unpaired) electrons. The molecule has 2 aromatic heterocycles. The number of aromatic amines is 1. The first-order valence-corrected chi connectivity index (χ1v) is 5.45. The molecule has 82 valence electrons. The van der Waals surface area contributed by atoms with Crippen LogP contribution in [0.4, 0.5) is 0 Å². The molecule has 0 saturated heterocycles. The lowest BCUT2D eigenvalue weighted by atomic mass is 10.0. The van der Waals surface area contributed by atoms with Crippen molar-refractivity contribution in [2.24, 2.45) is 0 Å². The van der Waals surface area contributed by atoms with Crippen LogP contribution in [0.15, 0.2) is 6.20 Å². The Bertz CT molecular complexity index is 560. The van der Waals surface area contributed by atoms with E-state index < -0.39 is 0 Å². The summed E-state index contributed by atoms with van der Waals surface area (Å²) < 4.78 is 0. The van der Waals surface area contributed by atoms with Crippen LogP contribution in [0.2, 0.25) is 0 Å². The van der Waals surface area contributed by atoms with Gasteiger partial charge in [0.05, 0.1) is 16.6 Å². The van der Waals surface area contributed by atoms with Crippen LogP contribution < -0.4 is 0 Å². The van der Waals surface area contributed by atoms with Crippen molar-refractivity contribution in [1.29, 1.82) is 5.26 Å². The Morgan fingerprint density at radius 1 is 1.44 bits per heavy atom. The quantitative estimate of drug-likeness (QED) is 0.835. The number of nitriles is 1. The van der Waals surface area contributed by atoms with Gasteiger partial charge in [-0.25, -0.2) is 9.97 Å². The molecule has 0 spiro atoms. The number of hydrogen-bond acceptors (Lipinski definition) is 3. The number of aryl methyl sites for hydroxylation is 1. The van der Waals surface area contributed by atoms with Crippen LogP contribution in [-0.2, 0) is 6.42 Å². The standard InChI is InChI=1S/C12H14N4/c1-4-9-15-11(7(2)3)10-8(5-13)6-14-12(10)16-9/h6-7H,4H2,1-3H3,(H,14,15,16). The highest BCUT2D eigenvalue weighted by Crippen LogP contribution is 2.25. The SMILES string of the molecule is CCc1nc(C(C)C)c2c(C#N)c[nH]c2n1. The first kappa shape index (κ1) is 10.6. The van der Waals surface area contributed by atoms with E-state index in [1.165, 1.54) is 0 Å². The Morgan fingerprint density at radius 2 is 2.19 bits per heavy atom. The van der Waals surface area contributed by atoms with E-state index >= 15 is 0 Å². The van der Waals surface area contributed by atoms with Crippen LogP contribution in [0.3, 0.4) is 0 Å². The van der Waals surface area contributed by atoms with Crippen LogP contribution in [-0.4, -0.2) is 15.0 Å². The molecule has 0 aliphatic carbocycles. The van der Waals surface area contributed by atoms with E-state index in [0.717, 1.165) is 29.0 Å². The fourth-order valence-electron chi connectivity index (χ4n) is 1.77. The van der Waals surface area contributed by atoms with E-state index in [2.05, 4.69) is 34.9 Å². The number of nitrogens with zero attached hydrogens (tertiary/aromatic N) is 3. The highest BCUT2D eigenvalue weighted by atomic mass is 15.0. The molecule has 0 aromatic carbocycles. The van der Waals surface area contributed by atoms with Crippen molar-refractivity contribution in [1.82, 2.24) is 15.0 Å². The van der Waals surface area contributed by atoms with E-state index in [1.54, 1.807) is 6.20 Å². The maximum absolute atomic E-state index is 9.03. The molecule has 0 saturated carbocycles. The molecule has 1 N–H and O–H groups in total. The molecule has 0 bridgehead atoms. The summed E-state index contributed by atoms with van der Waals surface area (Å²) in [6, 6.07) is 2.17. The summed E-state index contributed by atoms with van der Waals surface area (Å²) in [5.74, 6) is 1.11. The van der Waals surface area contributed by atoms with Crippen LogP contribution in [0.5, 0.6) is 0 Å². The minimum absolute atomic E-state index is 0.290. The summed E-state index contributed by atoms with van der Waals surface area (Å²) in [5, 5.41) is 9.90. The summed E-state index contributed by atoms with van der Waals surface area (Å²) >= 11 is 0. The molecule has 0 fully saturated rings. The monoisotopic (exact) mass is 214 g/mol. The molecule has 0 amide bonds. The number of aromatic nitrogens is 3. The van der Waals surface area contributed by atoms with Crippen molar-refractivity contribution in [3.8, 4) is 6.07 Å². The molecule has 16 heavy (non-hydrogen) atoms. The van der Waals surface area contributed by atoms with E-state index in [9.17, 15) is 0 Å². The van der Waals surface area contributed by atoms with Crippen molar-refractivity contribution in [3.05, 3.63) is 23.3 Å². The van der Waals surface area contributed by atoms with Crippen molar-refractivity contribution in [3.63, 3.8) is 0 Å². The van der Waals surface area contributed by atoms with Gasteiger partial charge in [-0.15, -0.1) is 0 Å². The van der Waals surface area contributed by atoms with E-state index in [-0.39, 0.29) is 0 Å². The van der Waals surface area contributed by atoms with Gasteiger partial charge in [0.2, 0.25) is 0 Å². The molecule has 2 aromatic rings. The van der Waals surface area contributed by atoms with Gasteiger partial charge in [0.1, 0.15) is 17.5 Å². The smallest absolute Gasteiger partial charge is 0.142 e. The Morgan fingerprint density at radius 3 is 2.75 bits per heavy atom. The zero-order valence-corrected chi connectivity index (χ0v) is 9.70. The summed E-state index contributed by atoms with van der Waals surface area (Å²) in [5.41, 5.74) is 2.35. The third-order valence-electron chi connectivity index (χ3n) is 2.59. The van der Waals surface area contributed by atoms with Crippen LogP contribution in [0, 0.1) is 11.3 Å². The largest absolute Gasteiger partial charge is 0.345 e. The van der Waals surface area contributed by atoms with Crippen LogP contribution in [0.1, 0.15) is 43.8 Å². The average molecular weight is 214 g/mol. The summed E-state index contributed by atoms with van der Waals surface area (Å²) in [4.78, 5) is 11.9. The van der Waals surface area contributed by atoms with Crippen molar-refractivity contribution >= 4 is 11.0 Å². The van der Waals surface area contributed by atoms with E-state index in [4.69, 9.17) is 5.26 Å². The summed E-state index contributed by atoms with van der Waals surface area (Å²) in [6.07, 6.45) is 2.50. The average Bonchev–Trinajstić information content (AvgIpc) is 2.70. The predicted octanol–water partition coefficient (Wildman–Crippen LogP) is 2.52. The van der Waals surface area contributed by atoms with Gasteiger partial charge in [0, 0.05) is 12.6 Å². The third-order valence-corrected chi connectivity index (χ3v) is 2.59. The first-order valence-electron chi connectivity index (χ1n) is 5.45. The molecule has 0 aliphatic heterocycles. The van der Waals surface area contributed by atoms with Crippen molar-refractivity contribution in [2.75, 3.05) is 0 Å². The van der Waals surface area contributed by atoms with Crippen molar-refractivity contribution in [2.45, 2.75) is 33.1 Å². The zero-order valence-electron chi connectivity index (χ0n) is 9.70. The van der Waals surface area contributed by atoms with Crippen LogP contribution >= 0.6 is 0 Å². The second kappa shape index (κ2) is 3.93. The maximum atomic E-state index is 9.03. The number of H-pyrrole nitrogens is 1. The third kappa shape index (κ3) is 1.54. The Kier molecular flexibility index (Phi) is 2.61. The molecule has 2 rings (SSSR count). The van der Waals surface area contributed by atoms with Crippen LogP contribution in [0.25, 0.3) is 11.0 Å². The minimum atomic E-state index is 0.290. The second-order valence-electron chi connectivity index (χ2n) is 4.07. The van der Waals surface area contributed by atoms with Gasteiger partial charge in [0.15, 0.2) is 0 Å². The number of fused-ring (bicyclic) bond motifs is 1. The lowest BCUT2D eigenvalue weighted by Gasteiger charge is -2.08. The molecule has 0 aliphatic rings. The molecule has 0 atom stereocenters. The zero-order chi connectivity index (χ0) is 11.7. The summed E-state index contributed by atoms with van der Waals surface area (Å²) in [6.45, 7) is 6.18. The van der Waals surface area contributed by atoms with Gasteiger partial charge >= 0.3 is 0 Å². The van der Waals surface area contributed by atoms with E-state index in [0.29, 0.717) is 11.5 Å². The van der Waals surface area contributed by atoms with Gasteiger partial charge in [-0.3, -0.25) is 0 Å². The highest BCUT2D eigenvalue weighted by Gasteiger charge is 2.15. The van der Waals surface area contributed by atoms with Crippen molar-refractivity contribution < 1.29 is 0 Å². The van der Waals surface area contributed by atoms with Gasteiger partial charge < -0.3 is 4.98 Å². The fraction of sp³-hybridized carbons (Fsp3) is 0.417. The minimum Gasteiger partial charge on any atom is -0.345 e. The number of hydrogen-bond donors (Lipinski definition) is 1. The Hall–Kier alpha value is -1.89. The number of rotatable bonds is 2. The Balaban J connectivity index is 2.81. The molecular weight excluding hydrogens is 200 g/mol. The van der Waals surface area contributed by atoms with Gasteiger partial charge in [-0.1, -0.05) is 20.8 Å². The van der Waals surface area contributed by atoms with Gasteiger partial charge in [-0.2, -0.15) is 5.26 Å². The molecule has 4 nitrogen and oxygen atoms in total. The lowest BCUT2D eigenvalue weighted by Crippen LogP contribution is -2.01. The van der Waals surface area contributed by atoms with Gasteiger partial charge in [0.25, 0.3) is 0 Å². The second-order valence-corrected chi connectivity index (χ2v) is 4.07. The molecule has 2 heterocycles. The van der Waals surface area contributed by atoms with Gasteiger partial charge in [-0.05, 0) is 5.92 Å². The normalized spacial score (nSPS) is 10.9. The van der Waals surface area contributed by atoms with E-state index in [1.807, 2.05) is 6.92 Å². The topological polar surface area (TPSA) is 65.4 Å². The molecular formula is C12H14N4.